The first-order chi connectivity index (χ1) is 8.90. The van der Waals surface area contributed by atoms with Crippen molar-refractivity contribution in [3.05, 3.63) is 23.7 Å². The Balaban J connectivity index is 2.53. The number of carboxylic acids is 1. The zero-order valence-electron chi connectivity index (χ0n) is 11.6. The molecule has 0 aromatic carbocycles. The third-order valence-corrected chi connectivity index (χ3v) is 2.92. The van der Waals surface area contributed by atoms with Gasteiger partial charge in [0, 0.05) is 13.0 Å². The Bertz CT molecular complexity index is 436. The van der Waals surface area contributed by atoms with E-state index in [-0.39, 0.29) is 18.2 Å². The van der Waals surface area contributed by atoms with Gasteiger partial charge in [-0.3, -0.25) is 9.59 Å². The fourth-order valence-electron chi connectivity index (χ4n) is 2.11. The van der Waals surface area contributed by atoms with E-state index in [1.54, 1.807) is 13.0 Å². The third kappa shape index (κ3) is 5.16. The predicted octanol–water partition coefficient (Wildman–Crippen LogP) is 2.45. The van der Waals surface area contributed by atoms with Crippen molar-refractivity contribution in [2.45, 2.75) is 33.6 Å². The Morgan fingerprint density at radius 2 is 2.11 bits per heavy atom. The first-order valence-electron chi connectivity index (χ1n) is 6.44. The standard InChI is InChI=1S/C14H21NO4/c1-9(2)6-11(7-13(16)17)8-15-14(18)12-4-5-19-10(12)3/h4-5,9,11H,6-8H2,1-3H3,(H,15,18)(H,16,17). The number of carbonyl (C=O) groups is 2. The molecule has 19 heavy (non-hydrogen) atoms. The Morgan fingerprint density at radius 3 is 2.58 bits per heavy atom. The normalized spacial score (nSPS) is 12.4. The topological polar surface area (TPSA) is 79.5 Å². The minimum atomic E-state index is -0.834. The number of rotatable bonds is 7. The second-order valence-corrected chi connectivity index (χ2v) is 5.19. The Labute approximate surface area is 113 Å². The molecule has 1 aromatic rings. The predicted molar refractivity (Wildman–Crippen MR) is 71.0 cm³/mol. The van der Waals surface area contributed by atoms with E-state index in [0.717, 1.165) is 6.42 Å². The summed E-state index contributed by atoms with van der Waals surface area (Å²) in [5, 5.41) is 11.6. The summed E-state index contributed by atoms with van der Waals surface area (Å²) in [5.74, 6) is -0.133. The quantitative estimate of drug-likeness (QED) is 0.795. The zero-order valence-corrected chi connectivity index (χ0v) is 11.6. The summed E-state index contributed by atoms with van der Waals surface area (Å²) in [4.78, 5) is 22.7. The highest BCUT2D eigenvalue weighted by Crippen LogP contribution is 2.15. The number of carboxylic acid groups (broad SMARTS) is 1. The summed E-state index contributed by atoms with van der Waals surface area (Å²) in [6, 6.07) is 1.61. The molecule has 1 aromatic heterocycles. The number of aryl methyl sites for hydroxylation is 1. The smallest absolute Gasteiger partial charge is 0.303 e. The van der Waals surface area contributed by atoms with Gasteiger partial charge in [-0.05, 0) is 31.2 Å². The van der Waals surface area contributed by atoms with E-state index < -0.39 is 5.97 Å². The van der Waals surface area contributed by atoms with Gasteiger partial charge in [0.15, 0.2) is 0 Å². The van der Waals surface area contributed by atoms with E-state index in [1.807, 2.05) is 13.8 Å². The molecule has 0 bridgehead atoms. The van der Waals surface area contributed by atoms with Gasteiger partial charge in [-0.1, -0.05) is 13.8 Å². The zero-order chi connectivity index (χ0) is 14.4. The highest BCUT2D eigenvalue weighted by atomic mass is 16.4. The molecule has 1 unspecified atom stereocenters. The highest BCUT2D eigenvalue weighted by Gasteiger charge is 2.17. The van der Waals surface area contributed by atoms with Crippen LogP contribution < -0.4 is 5.32 Å². The van der Waals surface area contributed by atoms with Crippen molar-refractivity contribution in [3.63, 3.8) is 0 Å². The molecule has 0 spiro atoms. The van der Waals surface area contributed by atoms with Crippen molar-refractivity contribution in [1.29, 1.82) is 0 Å². The molecule has 0 radical (unpaired) electrons. The number of furan rings is 1. The van der Waals surface area contributed by atoms with Crippen LogP contribution in [0, 0.1) is 18.8 Å². The van der Waals surface area contributed by atoms with Gasteiger partial charge in [-0.25, -0.2) is 0 Å². The van der Waals surface area contributed by atoms with Gasteiger partial charge in [0.25, 0.3) is 5.91 Å². The Morgan fingerprint density at radius 1 is 1.42 bits per heavy atom. The van der Waals surface area contributed by atoms with Crippen molar-refractivity contribution >= 4 is 11.9 Å². The monoisotopic (exact) mass is 267 g/mol. The molecule has 0 fully saturated rings. The van der Waals surface area contributed by atoms with Crippen molar-refractivity contribution in [3.8, 4) is 0 Å². The number of hydrogen-bond donors (Lipinski definition) is 2. The van der Waals surface area contributed by atoms with Crippen LogP contribution in [0.4, 0.5) is 0 Å². The van der Waals surface area contributed by atoms with Crippen LogP contribution in [-0.2, 0) is 4.79 Å². The second kappa shape index (κ2) is 6.97. The van der Waals surface area contributed by atoms with Crippen LogP contribution in [0.15, 0.2) is 16.7 Å². The van der Waals surface area contributed by atoms with Gasteiger partial charge in [0.2, 0.25) is 0 Å². The van der Waals surface area contributed by atoms with Crippen LogP contribution in [0.3, 0.4) is 0 Å². The first kappa shape index (κ1) is 15.3. The summed E-state index contributed by atoms with van der Waals surface area (Å²) >= 11 is 0. The lowest BCUT2D eigenvalue weighted by molar-refractivity contribution is -0.138. The highest BCUT2D eigenvalue weighted by molar-refractivity contribution is 5.95. The minimum absolute atomic E-state index is 0.0475. The van der Waals surface area contributed by atoms with Crippen molar-refractivity contribution in [1.82, 2.24) is 5.32 Å². The molecule has 106 valence electrons. The van der Waals surface area contributed by atoms with Crippen molar-refractivity contribution in [2.24, 2.45) is 11.8 Å². The summed E-state index contributed by atoms with van der Waals surface area (Å²) in [6.45, 7) is 6.17. The fraction of sp³-hybridized carbons (Fsp3) is 0.571. The maximum absolute atomic E-state index is 11.9. The van der Waals surface area contributed by atoms with Crippen LogP contribution in [0.1, 0.15) is 42.8 Å². The summed E-state index contributed by atoms with van der Waals surface area (Å²) in [7, 11) is 0. The summed E-state index contributed by atoms with van der Waals surface area (Å²) in [6.07, 6.45) is 2.31. The van der Waals surface area contributed by atoms with Gasteiger partial charge >= 0.3 is 5.97 Å². The molecule has 0 aliphatic heterocycles. The van der Waals surface area contributed by atoms with Gasteiger partial charge in [0.05, 0.1) is 11.8 Å². The van der Waals surface area contributed by atoms with E-state index in [2.05, 4.69) is 5.32 Å². The molecule has 1 atom stereocenters. The molecular formula is C14H21NO4. The summed E-state index contributed by atoms with van der Waals surface area (Å²) in [5.41, 5.74) is 0.499. The number of aliphatic carboxylic acids is 1. The van der Waals surface area contributed by atoms with E-state index in [9.17, 15) is 9.59 Å². The largest absolute Gasteiger partial charge is 0.481 e. The third-order valence-electron chi connectivity index (χ3n) is 2.92. The Hall–Kier alpha value is -1.78. The minimum Gasteiger partial charge on any atom is -0.481 e. The van der Waals surface area contributed by atoms with Gasteiger partial charge in [0.1, 0.15) is 5.76 Å². The Kier molecular flexibility index (Phi) is 5.60. The molecule has 2 N–H and O–H groups in total. The molecule has 5 nitrogen and oxygen atoms in total. The maximum Gasteiger partial charge on any atom is 0.303 e. The molecule has 1 rings (SSSR count). The second-order valence-electron chi connectivity index (χ2n) is 5.19. The van der Waals surface area contributed by atoms with E-state index in [0.29, 0.717) is 23.8 Å². The maximum atomic E-state index is 11.9. The molecule has 0 saturated heterocycles. The lowest BCUT2D eigenvalue weighted by Crippen LogP contribution is -2.31. The molecule has 0 aliphatic carbocycles. The van der Waals surface area contributed by atoms with Crippen molar-refractivity contribution in [2.75, 3.05) is 6.54 Å². The number of carbonyl (C=O) groups excluding carboxylic acids is 1. The lowest BCUT2D eigenvalue weighted by atomic mass is 9.94. The average Bonchev–Trinajstić information content (AvgIpc) is 2.70. The molecule has 0 saturated carbocycles. The number of nitrogens with one attached hydrogen (secondary N) is 1. The van der Waals surface area contributed by atoms with E-state index in [1.165, 1.54) is 6.26 Å². The first-order valence-corrected chi connectivity index (χ1v) is 6.44. The number of amides is 1. The van der Waals surface area contributed by atoms with Crippen molar-refractivity contribution < 1.29 is 19.1 Å². The van der Waals surface area contributed by atoms with E-state index >= 15 is 0 Å². The summed E-state index contributed by atoms with van der Waals surface area (Å²) < 4.78 is 5.07. The average molecular weight is 267 g/mol. The molecule has 1 amide bonds. The molecule has 5 heteroatoms. The van der Waals surface area contributed by atoms with Gasteiger partial charge in [-0.2, -0.15) is 0 Å². The van der Waals surface area contributed by atoms with Crippen LogP contribution in [0.2, 0.25) is 0 Å². The van der Waals surface area contributed by atoms with Gasteiger partial charge < -0.3 is 14.8 Å². The van der Waals surface area contributed by atoms with Crippen LogP contribution >= 0.6 is 0 Å². The lowest BCUT2D eigenvalue weighted by Gasteiger charge is -2.17. The molecule has 1 heterocycles. The number of hydrogen-bond acceptors (Lipinski definition) is 3. The van der Waals surface area contributed by atoms with Crippen LogP contribution in [0.5, 0.6) is 0 Å². The van der Waals surface area contributed by atoms with E-state index in [4.69, 9.17) is 9.52 Å². The van der Waals surface area contributed by atoms with Crippen LogP contribution in [0.25, 0.3) is 0 Å². The molecule has 0 aliphatic rings. The fourth-order valence-corrected chi connectivity index (χ4v) is 2.11. The SMILES string of the molecule is Cc1occc1C(=O)NCC(CC(=O)O)CC(C)C. The van der Waals surface area contributed by atoms with Gasteiger partial charge in [-0.15, -0.1) is 0 Å². The van der Waals surface area contributed by atoms with Crippen LogP contribution in [-0.4, -0.2) is 23.5 Å². The molecular weight excluding hydrogens is 246 g/mol.